The highest BCUT2D eigenvalue weighted by atomic mass is 16.1. The van der Waals surface area contributed by atoms with Crippen LogP contribution in [0, 0.1) is 6.92 Å². The normalized spacial score (nSPS) is 12.0. The second kappa shape index (κ2) is 7.02. The molecule has 0 spiro atoms. The van der Waals surface area contributed by atoms with Gasteiger partial charge in [-0.2, -0.15) is 4.57 Å². The van der Waals surface area contributed by atoms with E-state index in [1.807, 2.05) is 48.0 Å². The zero-order valence-electron chi connectivity index (χ0n) is 13.0. The van der Waals surface area contributed by atoms with Gasteiger partial charge in [-0.05, 0) is 30.0 Å². The van der Waals surface area contributed by atoms with Crippen molar-refractivity contribution >= 4 is 11.6 Å². The van der Waals surface area contributed by atoms with Gasteiger partial charge in [0.05, 0.1) is 0 Å². The highest BCUT2D eigenvalue weighted by molar-refractivity contribution is 5.89. The van der Waals surface area contributed by atoms with Gasteiger partial charge in [0, 0.05) is 24.7 Å². The maximum absolute atomic E-state index is 12.1. The third-order valence-electron chi connectivity index (χ3n) is 3.86. The SMILES string of the molecule is CC[C@H](C)c1ccc(NC(=O)C[n+]2ccccc2C)cc1. The first-order valence-electron chi connectivity index (χ1n) is 7.45. The predicted octanol–water partition coefficient (Wildman–Crippen LogP) is 3.43. The van der Waals surface area contributed by atoms with E-state index in [1.165, 1.54) is 5.56 Å². The van der Waals surface area contributed by atoms with Crippen LogP contribution in [-0.4, -0.2) is 5.91 Å². The molecule has 1 amide bonds. The van der Waals surface area contributed by atoms with E-state index in [0.717, 1.165) is 17.8 Å². The fraction of sp³-hybridized carbons (Fsp3) is 0.333. The first-order chi connectivity index (χ1) is 10.1. The molecule has 0 aliphatic carbocycles. The molecule has 1 atom stereocenters. The molecular weight excluding hydrogens is 260 g/mol. The van der Waals surface area contributed by atoms with Crippen molar-refractivity contribution in [1.82, 2.24) is 0 Å². The lowest BCUT2D eigenvalue weighted by molar-refractivity contribution is -0.690. The summed E-state index contributed by atoms with van der Waals surface area (Å²) in [5.74, 6) is 0.544. The Kier molecular flexibility index (Phi) is 5.09. The fourth-order valence-corrected chi connectivity index (χ4v) is 2.23. The lowest BCUT2D eigenvalue weighted by atomic mass is 9.99. The summed E-state index contributed by atoms with van der Waals surface area (Å²) in [7, 11) is 0. The summed E-state index contributed by atoms with van der Waals surface area (Å²) < 4.78 is 1.93. The smallest absolute Gasteiger partial charge is 0.290 e. The molecule has 21 heavy (non-hydrogen) atoms. The van der Waals surface area contributed by atoms with Gasteiger partial charge in [0.25, 0.3) is 5.91 Å². The van der Waals surface area contributed by atoms with Crippen LogP contribution in [0.25, 0.3) is 0 Å². The Bertz CT molecular complexity index is 605. The number of benzene rings is 1. The Hall–Kier alpha value is -2.16. The molecule has 0 aliphatic rings. The summed E-state index contributed by atoms with van der Waals surface area (Å²) in [5.41, 5.74) is 3.23. The monoisotopic (exact) mass is 283 g/mol. The number of aromatic nitrogens is 1. The first-order valence-corrected chi connectivity index (χ1v) is 7.45. The van der Waals surface area contributed by atoms with E-state index >= 15 is 0 Å². The highest BCUT2D eigenvalue weighted by Gasteiger charge is 2.12. The number of anilines is 1. The highest BCUT2D eigenvalue weighted by Crippen LogP contribution is 2.20. The molecule has 1 N–H and O–H groups in total. The number of hydrogen-bond acceptors (Lipinski definition) is 1. The quantitative estimate of drug-likeness (QED) is 0.838. The van der Waals surface area contributed by atoms with Crippen molar-refractivity contribution in [2.24, 2.45) is 0 Å². The Morgan fingerprint density at radius 1 is 1.19 bits per heavy atom. The molecule has 0 unspecified atom stereocenters. The number of nitrogens with one attached hydrogen (secondary N) is 1. The molecular formula is C18H23N2O+. The maximum atomic E-state index is 12.1. The van der Waals surface area contributed by atoms with Crippen molar-refractivity contribution in [2.75, 3.05) is 5.32 Å². The number of carbonyl (C=O) groups is 1. The molecule has 2 rings (SSSR count). The molecule has 0 saturated heterocycles. The lowest BCUT2D eigenvalue weighted by Crippen LogP contribution is -2.42. The molecule has 0 radical (unpaired) electrons. The Balaban J connectivity index is 1.98. The third kappa shape index (κ3) is 4.15. The van der Waals surface area contributed by atoms with Crippen molar-refractivity contribution in [3.8, 4) is 0 Å². The molecule has 0 aliphatic heterocycles. The topological polar surface area (TPSA) is 33.0 Å². The van der Waals surface area contributed by atoms with Crippen LogP contribution in [0.3, 0.4) is 0 Å². The van der Waals surface area contributed by atoms with E-state index in [-0.39, 0.29) is 5.91 Å². The van der Waals surface area contributed by atoms with Crippen LogP contribution < -0.4 is 9.88 Å². The van der Waals surface area contributed by atoms with Gasteiger partial charge in [0.2, 0.25) is 6.54 Å². The molecule has 3 nitrogen and oxygen atoms in total. The van der Waals surface area contributed by atoms with Crippen LogP contribution in [0.15, 0.2) is 48.7 Å². The molecule has 3 heteroatoms. The van der Waals surface area contributed by atoms with Gasteiger partial charge in [-0.15, -0.1) is 0 Å². The minimum Gasteiger partial charge on any atom is -0.321 e. The second-order valence-electron chi connectivity index (χ2n) is 5.45. The lowest BCUT2D eigenvalue weighted by Gasteiger charge is -2.10. The minimum atomic E-state index is -0.00871. The van der Waals surface area contributed by atoms with Crippen LogP contribution in [0.5, 0.6) is 0 Å². The molecule has 110 valence electrons. The van der Waals surface area contributed by atoms with Crippen molar-refractivity contribution in [1.29, 1.82) is 0 Å². The number of rotatable bonds is 5. The van der Waals surface area contributed by atoms with Crippen LogP contribution in [0.1, 0.15) is 37.4 Å². The summed E-state index contributed by atoms with van der Waals surface area (Å²) >= 11 is 0. The molecule has 1 aromatic carbocycles. The van der Waals surface area contributed by atoms with E-state index in [1.54, 1.807) is 0 Å². The van der Waals surface area contributed by atoms with Crippen molar-refractivity contribution in [3.05, 3.63) is 59.9 Å². The average molecular weight is 283 g/mol. The summed E-state index contributed by atoms with van der Waals surface area (Å²) in [5, 5.41) is 2.94. The van der Waals surface area contributed by atoms with E-state index < -0.39 is 0 Å². The van der Waals surface area contributed by atoms with E-state index in [4.69, 9.17) is 0 Å². The molecule has 0 saturated carbocycles. The number of hydrogen-bond donors (Lipinski definition) is 1. The van der Waals surface area contributed by atoms with Gasteiger partial charge in [0.15, 0.2) is 11.9 Å². The van der Waals surface area contributed by atoms with E-state index in [9.17, 15) is 4.79 Å². The van der Waals surface area contributed by atoms with Gasteiger partial charge >= 0.3 is 0 Å². The largest absolute Gasteiger partial charge is 0.321 e. The zero-order chi connectivity index (χ0) is 15.2. The Labute approximate surface area is 126 Å². The molecule has 1 aromatic heterocycles. The van der Waals surface area contributed by atoms with Gasteiger partial charge in [-0.3, -0.25) is 4.79 Å². The van der Waals surface area contributed by atoms with Gasteiger partial charge in [0.1, 0.15) is 0 Å². The van der Waals surface area contributed by atoms with E-state index in [2.05, 4.69) is 31.3 Å². The standard InChI is InChI=1S/C18H22N2O/c1-4-14(2)16-8-10-17(11-9-16)19-18(21)13-20-12-6-5-7-15(20)3/h5-12,14H,4,13H2,1-3H3/p+1/t14-/m0/s1. The Morgan fingerprint density at radius 2 is 1.90 bits per heavy atom. The number of aryl methyl sites for hydroxylation is 1. The average Bonchev–Trinajstić information content (AvgIpc) is 2.49. The summed E-state index contributed by atoms with van der Waals surface area (Å²) in [6.07, 6.45) is 3.04. The Morgan fingerprint density at radius 3 is 2.52 bits per heavy atom. The van der Waals surface area contributed by atoms with Crippen molar-refractivity contribution in [3.63, 3.8) is 0 Å². The van der Waals surface area contributed by atoms with Crippen LogP contribution >= 0.6 is 0 Å². The zero-order valence-corrected chi connectivity index (χ0v) is 13.0. The summed E-state index contributed by atoms with van der Waals surface area (Å²) in [6.45, 7) is 6.72. The van der Waals surface area contributed by atoms with E-state index in [0.29, 0.717) is 12.5 Å². The number of amides is 1. The van der Waals surface area contributed by atoms with Crippen molar-refractivity contribution in [2.45, 2.75) is 39.7 Å². The van der Waals surface area contributed by atoms with Crippen LogP contribution in [0.4, 0.5) is 5.69 Å². The van der Waals surface area contributed by atoms with Crippen LogP contribution in [-0.2, 0) is 11.3 Å². The van der Waals surface area contributed by atoms with Gasteiger partial charge in [-0.1, -0.05) is 32.0 Å². The molecule has 1 heterocycles. The summed E-state index contributed by atoms with van der Waals surface area (Å²) in [6, 6.07) is 14.0. The predicted molar refractivity (Wildman–Crippen MR) is 85.2 cm³/mol. The fourth-order valence-electron chi connectivity index (χ4n) is 2.23. The van der Waals surface area contributed by atoms with Gasteiger partial charge in [-0.25, -0.2) is 0 Å². The number of nitrogens with zero attached hydrogens (tertiary/aromatic N) is 1. The van der Waals surface area contributed by atoms with Crippen LogP contribution in [0.2, 0.25) is 0 Å². The first kappa shape index (κ1) is 15.2. The molecule has 0 bridgehead atoms. The molecule has 0 fully saturated rings. The number of carbonyl (C=O) groups excluding carboxylic acids is 1. The van der Waals surface area contributed by atoms with Crippen molar-refractivity contribution < 1.29 is 9.36 Å². The minimum absolute atomic E-state index is 0.00871. The third-order valence-corrected chi connectivity index (χ3v) is 3.86. The summed E-state index contributed by atoms with van der Waals surface area (Å²) in [4.78, 5) is 12.1. The second-order valence-corrected chi connectivity index (χ2v) is 5.45. The maximum Gasteiger partial charge on any atom is 0.290 e. The molecule has 2 aromatic rings. The number of pyridine rings is 1. The van der Waals surface area contributed by atoms with Gasteiger partial charge < -0.3 is 5.32 Å².